The number of halogens is 1. The number of aromatic nitrogens is 2. The van der Waals surface area contributed by atoms with Gasteiger partial charge in [-0.25, -0.2) is 20.3 Å². The van der Waals surface area contributed by atoms with Crippen molar-refractivity contribution in [2.45, 2.75) is 64.4 Å². The van der Waals surface area contributed by atoms with Gasteiger partial charge >= 0.3 is 0 Å². The molecule has 7 heteroatoms. The van der Waals surface area contributed by atoms with Crippen LogP contribution in [0, 0.1) is 0 Å². The van der Waals surface area contributed by atoms with Crippen LogP contribution in [0.5, 0.6) is 5.88 Å². The molecule has 0 amide bonds. The number of nitrogens with zero attached hydrogens (tertiary/aromatic N) is 3. The van der Waals surface area contributed by atoms with Gasteiger partial charge in [-0.1, -0.05) is 6.92 Å². The van der Waals surface area contributed by atoms with Crippen molar-refractivity contribution in [2.75, 3.05) is 13.1 Å². The third-order valence-corrected chi connectivity index (χ3v) is 7.35. The lowest BCUT2D eigenvalue weighted by atomic mass is 10.1. The van der Waals surface area contributed by atoms with E-state index >= 15 is 0 Å². The van der Waals surface area contributed by atoms with E-state index in [2.05, 4.69) is 14.9 Å². The summed E-state index contributed by atoms with van der Waals surface area (Å²) in [5, 5.41) is 4.02. The normalized spacial score (nSPS) is 22.7. The van der Waals surface area contributed by atoms with Crippen LogP contribution in [0.1, 0.15) is 52.7 Å². The maximum Gasteiger partial charge on any atom is 0.237 e. The monoisotopic (exact) mass is 407 g/mol. The minimum Gasteiger partial charge on any atom is -0.471 e. The summed E-state index contributed by atoms with van der Waals surface area (Å²) in [6, 6.07) is 0. The van der Waals surface area contributed by atoms with E-state index in [0.29, 0.717) is 29.7 Å². The fraction of sp³-hybridized carbons (Fsp3) is 0.571. The van der Waals surface area contributed by atoms with Gasteiger partial charge in [-0.15, -0.1) is 0 Å². The lowest BCUT2D eigenvalue weighted by Crippen LogP contribution is -2.35. The average Bonchev–Trinajstić information content (AvgIpc) is 3.04. The molecule has 1 unspecified atom stereocenters. The average molecular weight is 408 g/mol. The number of hydrogen-bond donors (Lipinski definition) is 1. The molecule has 2 aliphatic heterocycles. The summed E-state index contributed by atoms with van der Waals surface area (Å²) in [6.07, 6.45) is 5.70. The van der Waals surface area contributed by atoms with Gasteiger partial charge in [0.05, 0.1) is 5.57 Å². The Kier molecular flexibility index (Phi) is 6.55. The first kappa shape index (κ1) is 21.0. The molecular formula is C21H30FN3O2S. The van der Waals surface area contributed by atoms with Gasteiger partial charge in [0, 0.05) is 25.4 Å². The number of thiol groups is 1. The Morgan fingerprint density at radius 3 is 2.57 bits per heavy atom. The smallest absolute Gasteiger partial charge is 0.237 e. The zero-order valence-electron chi connectivity index (χ0n) is 17.1. The van der Waals surface area contributed by atoms with Crippen molar-refractivity contribution in [3.8, 4) is 5.88 Å². The molecule has 2 aliphatic rings. The van der Waals surface area contributed by atoms with Crippen LogP contribution in [0.15, 0.2) is 34.6 Å². The molecule has 3 rings (SSSR count). The Morgan fingerprint density at radius 2 is 1.93 bits per heavy atom. The minimum atomic E-state index is -0.682. The van der Waals surface area contributed by atoms with Crippen LogP contribution >= 0.6 is 10.9 Å². The van der Waals surface area contributed by atoms with Crippen LogP contribution < -0.4 is 4.74 Å². The first-order valence-electron chi connectivity index (χ1n) is 9.88. The number of piperidine rings is 1. The Bertz CT molecular complexity index is 780. The number of ketones is 1. The lowest BCUT2D eigenvalue weighted by molar-refractivity contribution is -0.115. The minimum absolute atomic E-state index is 0.0924. The second-order valence-electron chi connectivity index (χ2n) is 8.27. The third kappa shape index (κ3) is 5.20. The topological polar surface area (TPSA) is 55.3 Å². The van der Waals surface area contributed by atoms with Crippen molar-refractivity contribution < 1.29 is 13.9 Å². The molecule has 0 spiro atoms. The van der Waals surface area contributed by atoms with E-state index in [4.69, 9.17) is 4.74 Å². The maximum atomic E-state index is 14.1. The number of carbonyl (C=O) groups is 1. The van der Waals surface area contributed by atoms with E-state index in [0.717, 1.165) is 31.6 Å². The van der Waals surface area contributed by atoms with E-state index in [9.17, 15) is 9.18 Å². The van der Waals surface area contributed by atoms with Crippen molar-refractivity contribution in [1.29, 1.82) is 0 Å². The standard InChI is InChI=1S/C21H30FN3O2S/c1-5-19(26)16-13-28(14-17(16)22)15-6-10-25(11-7-15)12-18-20(24-9-8-23-18)27-21(2,3)4/h8-9,13-15,28H,5-7,10-12H2,1-4H3. The highest BCUT2D eigenvalue weighted by molar-refractivity contribution is 8.22. The maximum absolute atomic E-state index is 14.1. The van der Waals surface area contributed by atoms with Crippen molar-refractivity contribution in [2.24, 2.45) is 0 Å². The van der Waals surface area contributed by atoms with Crippen LogP contribution in [0.25, 0.3) is 0 Å². The van der Waals surface area contributed by atoms with E-state index in [1.54, 1.807) is 24.7 Å². The number of likely N-dealkylation sites (tertiary alicyclic amines) is 1. The largest absolute Gasteiger partial charge is 0.471 e. The molecule has 154 valence electrons. The second kappa shape index (κ2) is 8.74. The van der Waals surface area contributed by atoms with Gasteiger partial charge in [0.2, 0.25) is 5.88 Å². The summed E-state index contributed by atoms with van der Waals surface area (Å²) in [5.74, 6) is 0.182. The molecule has 5 nitrogen and oxygen atoms in total. The molecule has 0 saturated carbocycles. The Morgan fingerprint density at radius 1 is 1.25 bits per heavy atom. The van der Waals surface area contributed by atoms with Crippen LogP contribution in [0.2, 0.25) is 0 Å². The number of carbonyl (C=O) groups excluding carboxylic acids is 1. The highest BCUT2D eigenvalue weighted by Gasteiger charge is 2.29. The Hall–Kier alpha value is -1.73. The molecule has 3 heterocycles. The molecule has 0 aliphatic carbocycles. The predicted octanol–water partition coefficient (Wildman–Crippen LogP) is 4.31. The van der Waals surface area contributed by atoms with E-state index in [-0.39, 0.29) is 17.2 Å². The second-order valence-corrected chi connectivity index (χ2v) is 10.4. The van der Waals surface area contributed by atoms with Crippen molar-refractivity contribution in [1.82, 2.24) is 14.9 Å². The van der Waals surface area contributed by atoms with Crippen LogP contribution in [-0.2, 0) is 11.3 Å². The SMILES string of the molecule is CCC(=O)C1=C[SH](C2CCN(Cc3nccnc3OC(C)(C)C)CC2)C=C1F. The first-order chi connectivity index (χ1) is 13.3. The summed E-state index contributed by atoms with van der Waals surface area (Å²) in [7, 11) is -0.682. The Labute approximate surface area is 169 Å². The van der Waals surface area contributed by atoms with Crippen LogP contribution in [0.4, 0.5) is 4.39 Å². The molecule has 0 bridgehead atoms. The number of rotatable bonds is 6. The van der Waals surface area contributed by atoms with Gasteiger partial charge in [-0.05, 0) is 62.8 Å². The van der Waals surface area contributed by atoms with E-state index < -0.39 is 10.9 Å². The highest BCUT2D eigenvalue weighted by Crippen LogP contribution is 2.48. The fourth-order valence-corrected chi connectivity index (χ4v) is 5.77. The number of ether oxygens (including phenoxy) is 1. The molecule has 0 aromatic carbocycles. The van der Waals surface area contributed by atoms with Gasteiger partial charge in [-0.2, -0.15) is 0 Å². The molecule has 1 fully saturated rings. The Balaban J connectivity index is 1.59. The van der Waals surface area contributed by atoms with Gasteiger partial charge in [-0.3, -0.25) is 14.7 Å². The molecular weight excluding hydrogens is 377 g/mol. The molecule has 1 aromatic heterocycles. The van der Waals surface area contributed by atoms with Crippen LogP contribution in [-0.4, -0.2) is 44.6 Å². The zero-order chi connectivity index (χ0) is 20.3. The molecule has 1 aromatic rings. The molecule has 1 saturated heterocycles. The van der Waals surface area contributed by atoms with Gasteiger partial charge in [0.15, 0.2) is 5.78 Å². The number of allylic oxidation sites excluding steroid dienone is 2. The van der Waals surface area contributed by atoms with E-state index in [1.165, 1.54) is 0 Å². The predicted molar refractivity (Wildman–Crippen MR) is 112 cm³/mol. The third-order valence-electron chi connectivity index (χ3n) is 4.91. The molecule has 0 N–H and O–H groups in total. The summed E-state index contributed by atoms with van der Waals surface area (Å²) in [4.78, 5) is 23.0. The van der Waals surface area contributed by atoms with Crippen molar-refractivity contribution in [3.63, 3.8) is 0 Å². The van der Waals surface area contributed by atoms with Gasteiger partial charge < -0.3 is 4.74 Å². The summed E-state index contributed by atoms with van der Waals surface area (Å²) < 4.78 is 20.1. The summed E-state index contributed by atoms with van der Waals surface area (Å²) in [5.41, 5.74) is 0.836. The summed E-state index contributed by atoms with van der Waals surface area (Å²) in [6.45, 7) is 10.3. The van der Waals surface area contributed by atoms with E-state index in [1.807, 2.05) is 26.2 Å². The van der Waals surface area contributed by atoms with Crippen molar-refractivity contribution >= 4 is 16.7 Å². The summed E-state index contributed by atoms with van der Waals surface area (Å²) >= 11 is 0. The molecule has 0 radical (unpaired) electrons. The number of Topliss-reactive ketones (excluding diaryl/α,β-unsaturated/α-hetero) is 1. The molecule has 1 atom stereocenters. The van der Waals surface area contributed by atoms with Gasteiger partial charge in [0.25, 0.3) is 0 Å². The first-order valence-corrected chi connectivity index (χ1v) is 11.4. The van der Waals surface area contributed by atoms with Crippen molar-refractivity contribution in [3.05, 3.63) is 40.3 Å². The zero-order valence-corrected chi connectivity index (χ0v) is 18.0. The quantitative estimate of drug-likeness (QED) is 0.712. The number of hydrogen-bond acceptors (Lipinski definition) is 5. The molecule has 28 heavy (non-hydrogen) atoms. The lowest BCUT2D eigenvalue weighted by Gasteiger charge is -2.35. The van der Waals surface area contributed by atoms with Gasteiger partial charge in [0.1, 0.15) is 17.1 Å². The fourth-order valence-electron chi connectivity index (χ4n) is 3.48. The highest BCUT2D eigenvalue weighted by atomic mass is 32.2. The van der Waals surface area contributed by atoms with Crippen LogP contribution in [0.3, 0.4) is 0 Å².